The third kappa shape index (κ3) is 2.14. The molecule has 1 amide bonds. The first-order valence-electron chi connectivity index (χ1n) is 6.89. The predicted octanol–water partition coefficient (Wildman–Crippen LogP) is 2.44. The normalized spacial score (nSPS) is 17.9. The Balaban J connectivity index is 1.86. The van der Waals surface area contributed by atoms with Crippen LogP contribution in [0.1, 0.15) is 22.1 Å². The van der Waals surface area contributed by atoms with Gasteiger partial charge in [0, 0.05) is 23.7 Å². The number of nitrogens with one attached hydrogen (secondary N) is 2. The summed E-state index contributed by atoms with van der Waals surface area (Å²) in [7, 11) is 0. The lowest BCUT2D eigenvalue weighted by Crippen LogP contribution is -2.12. The number of rotatable bonds is 1. The van der Waals surface area contributed by atoms with Gasteiger partial charge in [-0.2, -0.15) is 5.10 Å². The summed E-state index contributed by atoms with van der Waals surface area (Å²) >= 11 is 1.60. The summed E-state index contributed by atoms with van der Waals surface area (Å²) in [4.78, 5) is 20.5. The average Bonchev–Trinajstić information content (AvgIpc) is 2.79. The summed E-state index contributed by atoms with van der Waals surface area (Å²) in [5.74, 6) is 0.997. The first-order chi connectivity index (χ1) is 10.7. The van der Waals surface area contributed by atoms with Crippen LogP contribution in [0.4, 0.5) is 5.82 Å². The summed E-state index contributed by atoms with van der Waals surface area (Å²) in [6.07, 6.45) is 3.37. The van der Waals surface area contributed by atoms with Crippen molar-refractivity contribution in [2.45, 2.75) is 12.2 Å². The van der Waals surface area contributed by atoms with Crippen molar-refractivity contribution >= 4 is 34.5 Å². The second-order valence-corrected chi connectivity index (χ2v) is 6.25. The van der Waals surface area contributed by atoms with Gasteiger partial charge in [0.25, 0.3) is 0 Å². The molecule has 22 heavy (non-hydrogen) atoms. The molecule has 6 nitrogen and oxygen atoms in total. The first-order valence-corrected chi connectivity index (χ1v) is 7.94. The molecular weight excluding hydrogens is 298 g/mol. The van der Waals surface area contributed by atoms with Crippen LogP contribution in [0.25, 0.3) is 11.0 Å². The molecule has 2 N–H and O–H groups in total. The number of carbonyl (C=O) groups is 1. The van der Waals surface area contributed by atoms with E-state index in [4.69, 9.17) is 0 Å². The maximum Gasteiger partial charge on any atom is 0.235 e. The van der Waals surface area contributed by atoms with Crippen molar-refractivity contribution in [3.05, 3.63) is 47.4 Å². The van der Waals surface area contributed by atoms with Crippen molar-refractivity contribution in [3.63, 3.8) is 0 Å². The number of benzene rings is 1. The second kappa shape index (κ2) is 5.10. The molecule has 0 fully saturated rings. The SMILES string of the molecule is Cc1[nH]nc2c1[C@@H](c1ccc3nccnc3c1)SCC(=O)N2. The number of nitrogens with zero attached hydrogens (tertiary/aromatic N) is 3. The van der Waals surface area contributed by atoms with Crippen molar-refractivity contribution in [3.8, 4) is 0 Å². The highest BCUT2D eigenvalue weighted by Crippen LogP contribution is 2.42. The van der Waals surface area contributed by atoms with Gasteiger partial charge in [0.05, 0.1) is 22.0 Å². The molecule has 0 aliphatic carbocycles. The smallest absolute Gasteiger partial charge is 0.235 e. The van der Waals surface area contributed by atoms with E-state index in [1.165, 1.54) is 0 Å². The molecule has 7 heteroatoms. The lowest BCUT2D eigenvalue weighted by atomic mass is 10.0. The predicted molar refractivity (Wildman–Crippen MR) is 85.8 cm³/mol. The van der Waals surface area contributed by atoms with Crippen molar-refractivity contribution in [2.75, 3.05) is 11.1 Å². The summed E-state index contributed by atoms with van der Waals surface area (Å²) < 4.78 is 0. The Labute approximate surface area is 130 Å². The lowest BCUT2D eigenvalue weighted by molar-refractivity contribution is -0.113. The number of fused-ring (bicyclic) bond motifs is 2. The van der Waals surface area contributed by atoms with Gasteiger partial charge in [-0.3, -0.25) is 19.9 Å². The number of anilines is 1. The third-order valence-corrected chi connectivity index (χ3v) is 4.96. The molecule has 0 radical (unpaired) electrons. The molecule has 1 aromatic carbocycles. The van der Waals surface area contributed by atoms with Crippen LogP contribution >= 0.6 is 11.8 Å². The molecule has 2 aromatic heterocycles. The maximum atomic E-state index is 11.8. The van der Waals surface area contributed by atoms with E-state index in [1.807, 2.05) is 25.1 Å². The van der Waals surface area contributed by atoms with Crippen molar-refractivity contribution in [2.24, 2.45) is 0 Å². The van der Waals surface area contributed by atoms with Gasteiger partial charge in [0.15, 0.2) is 5.82 Å². The van der Waals surface area contributed by atoms with E-state index in [0.29, 0.717) is 11.6 Å². The average molecular weight is 311 g/mol. The molecule has 0 saturated heterocycles. The molecule has 0 unspecified atom stereocenters. The van der Waals surface area contributed by atoms with Gasteiger partial charge < -0.3 is 5.32 Å². The molecule has 1 atom stereocenters. The number of aromatic nitrogens is 4. The number of aromatic amines is 1. The van der Waals surface area contributed by atoms with E-state index in [0.717, 1.165) is 27.9 Å². The van der Waals surface area contributed by atoms with Crippen molar-refractivity contribution in [1.82, 2.24) is 20.2 Å². The third-order valence-electron chi connectivity index (χ3n) is 3.69. The Morgan fingerprint density at radius 1 is 1.23 bits per heavy atom. The summed E-state index contributed by atoms with van der Waals surface area (Å²) in [6.45, 7) is 1.97. The fraction of sp³-hybridized carbons (Fsp3) is 0.200. The van der Waals surface area contributed by atoms with E-state index in [9.17, 15) is 4.79 Å². The summed E-state index contributed by atoms with van der Waals surface area (Å²) in [5.41, 5.74) is 4.81. The molecule has 110 valence electrons. The van der Waals surface area contributed by atoms with Crippen molar-refractivity contribution < 1.29 is 4.79 Å². The fourth-order valence-electron chi connectivity index (χ4n) is 2.67. The second-order valence-electron chi connectivity index (χ2n) is 5.15. The topological polar surface area (TPSA) is 83.6 Å². The quantitative estimate of drug-likeness (QED) is 0.721. The van der Waals surface area contributed by atoms with Crippen LogP contribution in [0.15, 0.2) is 30.6 Å². The van der Waals surface area contributed by atoms with Crippen LogP contribution in [0.5, 0.6) is 0 Å². The Kier molecular flexibility index (Phi) is 3.07. The highest BCUT2D eigenvalue weighted by atomic mass is 32.2. The summed E-state index contributed by atoms with van der Waals surface area (Å²) in [5, 5.41) is 10.1. The molecule has 1 aliphatic heterocycles. The van der Waals surface area contributed by atoms with E-state index in [2.05, 4.69) is 25.5 Å². The van der Waals surface area contributed by atoms with E-state index < -0.39 is 0 Å². The molecular formula is C15H13N5OS. The van der Waals surface area contributed by atoms with Crippen molar-refractivity contribution in [1.29, 1.82) is 0 Å². The minimum absolute atomic E-state index is 0.0270. The van der Waals surface area contributed by atoms with Gasteiger partial charge in [0.1, 0.15) is 0 Å². The Morgan fingerprint density at radius 3 is 2.91 bits per heavy atom. The number of H-pyrrole nitrogens is 1. The Bertz CT molecular complexity index is 875. The van der Waals surface area contributed by atoms with Gasteiger partial charge in [-0.25, -0.2) is 0 Å². The maximum absolute atomic E-state index is 11.8. The largest absolute Gasteiger partial charge is 0.308 e. The molecule has 0 bridgehead atoms. The highest BCUT2D eigenvalue weighted by Gasteiger charge is 2.28. The minimum atomic E-state index is -0.0270. The number of hydrogen-bond acceptors (Lipinski definition) is 5. The van der Waals surface area contributed by atoms with Gasteiger partial charge in [0.2, 0.25) is 5.91 Å². The van der Waals surface area contributed by atoms with Crippen LogP contribution in [0.2, 0.25) is 0 Å². The van der Waals surface area contributed by atoms with E-state index in [1.54, 1.807) is 24.2 Å². The number of aryl methyl sites for hydroxylation is 1. The zero-order chi connectivity index (χ0) is 15.1. The highest BCUT2D eigenvalue weighted by molar-refractivity contribution is 8.00. The number of thioether (sulfide) groups is 1. The van der Waals surface area contributed by atoms with Gasteiger partial charge in [-0.05, 0) is 24.6 Å². The number of hydrogen-bond donors (Lipinski definition) is 2. The van der Waals surface area contributed by atoms with E-state index >= 15 is 0 Å². The molecule has 3 heterocycles. The van der Waals surface area contributed by atoms with E-state index in [-0.39, 0.29) is 11.2 Å². The monoisotopic (exact) mass is 311 g/mol. The number of carbonyl (C=O) groups excluding carboxylic acids is 1. The van der Waals surface area contributed by atoms with Crippen LogP contribution in [-0.2, 0) is 4.79 Å². The molecule has 0 spiro atoms. The lowest BCUT2D eigenvalue weighted by Gasteiger charge is -2.15. The standard InChI is InChI=1S/C15H13N5OS/c1-8-13-14(22-7-12(21)18-15(13)20-19-8)9-2-3-10-11(6-9)17-5-4-16-10/h2-6,14H,7H2,1H3,(H2,18,19,20,21)/t14-/m1/s1. The first kappa shape index (κ1) is 13.3. The molecule has 0 saturated carbocycles. The number of amides is 1. The Hall–Kier alpha value is -2.41. The van der Waals surface area contributed by atoms with Crippen LogP contribution < -0.4 is 5.32 Å². The molecule has 3 aromatic rings. The van der Waals surface area contributed by atoms with Crippen LogP contribution in [-0.4, -0.2) is 31.8 Å². The van der Waals surface area contributed by atoms with Gasteiger partial charge in [-0.15, -0.1) is 11.8 Å². The minimum Gasteiger partial charge on any atom is -0.308 e. The Morgan fingerprint density at radius 2 is 2.05 bits per heavy atom. The zero-order valence-corrected chi connectivity index (χ0v) is 12.6. The van der Waals surface area contributed by atoms with Gasteiger partial charge >= 0.3 is 0 Å². The van der Waals surface area contributed by atoms with Crippen LogP contribution in [0.3, 0.4) is 0 Å². The zero-order valence-electron chi connectivity index (χ0n) is 11.8. The van der Waals surface area contributed by atoms with Crippen LogP contribution in [0, 0.1) is 6.92 Å². The van der Waals surface area contributed by atoms with Gasteiger partial charge in [-0.1, -0.05) is 6.07 Å². The summed E-state index contributed by atoms with van der Waals surface area (Å²) in [6, 6.07) is 6.04. The fourth-order valence-corrected chi connectivity index (χ4v) is 3.86. The molecule has 4 rings (SSSR count). The molecule has 1 aliphatic rings.